The molecule has 142 valence electrons. The van der Waals surface area contributed by atoms with Crippen LogP contribution in [0.3, 0.4) is 0 Å². The molecule has 0 unspecified atom stereocenters. The van der Waals surface area contributed by atoms with Gasteiger partial charge in [0.1, 0.15) is 0 Å². The van der Waals surface area contributed by atoms with Gasteiger partial charge < -0.3 is 0 Å². The minimum Gasteiger partial charge on any atom is -0.294 e. The first-order chi connectivity index (χ1) is 14.3. The number of benzene rings is 4. The Labute approximate surface area is 172 Å². The molecule has 4 rings (SSSR count). The highest BCUT2D eigenvalue weighted by Gasteiger charge is 2.26. The van der Waals surface area contributed by atoms with Crippen molar-refractivity contribution in [1.82, 2.24) is 0 Å². The van der Waals surface area contributed by atoms with E-state index in [0.717, 1.165) is 5.56 Å². The van der Waals surface area contributed by atoms with Crippen molar-refractivity contribution in [2.24, 2.45) is 0 Å². The Morgan fingerprint density at radius 3 is 1.28 bits per heavy atom. The Kier molecular flexibility index (Phi) is 5.89. The zero-order chi connectivity index (χ0) is 19.9. The fraction of sp³-hybridized carbons (Fsp3) is 0.0370. The Morgan fingerprint density at radius 1 is 0.552 bits per heavy atom. The highest BCUT2D eigenvalue weighted by molar-refractivity contribution is 7.95. The van der Waals surface area contributed by atoms with E-state index in [0.29, 0.717) is 6.42 Å². The fourth-order valence-corrected chi connectivity index (χ4v) is 7.51. The van der Waals surface area contributed by atoms with E-state index in [9.17, 15) is 4.79 Å². The molecule has 4 aromatic carbocycles. The summed E-state index contributed by atoms with van der Waals surface area (Å²) in [7, 11) is 0. The van der Waals surface area contributed by atoms with Gasteiger partial charge >= 0.3 is 0 Å². The molecule has 29 heavy (non-hydrogen) atoms. The van der Waals surface area contributed by atoms with Crippen molar-refractivity contribution in [3.8, 4) is 0 Å². The van der Waals surface area contributed by atoms with Crippen LogP contribution in [0, 0.1) is 0 Å². The Bertz CT molecular complexity index is 1010. The number of ketones is 1. The molecular weight excluding hydrogens is 371 g/mol. The molecule has 0 heterocycles. The lowest BCUT2D eigenvalue weighted by Crippen LogP contribution is -2.28. The van der Waals surface area contributed by atoms with Crippen LogP contribution in [0.1, 0.15) is 5.56 Å². The maximum absolute atomic E-state index is 13.3. The first kappa shape index (κ1) is 19.2. The minimum absolute atomic E-state index is 0.154. The second-order valence-electron chi connectivity index (χ2n) is 6.99. The third-order valence-electron chi connectivity index (χ3n) is 5.05. The molecule has 4 aromatic rings. The van der Waals surface area contributed by atoms with Crippen molar-refractivity contribution in [3.05, 3.63) is 127 Å². The summed E-state index contributed by atoms with van der Waals surface area (Å²) >= 11 is 0. The predicted molar refractivity (Wildman–Crippen MR) is 126 cm³/mol. The molecule has 0 aliphatic carbocycles. The van der Waals surface area contributed by atoms with Gasteiger partial charge in [-0.15, -0.1) is 0 Å². The average Bonchev–Trinajstić information content (AvgIpc) is 2.80. The number of Topliss-reactive ketones (excluding diaryl/α,β-unsaturated/α-hetero) is 1. The smallest absolute Gasteiger partial charge is 0.161 e. The van der Waals surface area contributed by atoms with Gasteiger partial charge in [-0.25, -0.2) is 0 Å². The van der Waals surface area contributed by atoms with E-state index >= 15 is 0 Å². The average molecular weight is 394 g/mol. The third kappa shape index (κ3) is 4.16. The van der Waals surface area contributed by atoms with Crippen LogP contribution < -0.4 is 15.9 Å². The summed E-state index contributed by atoms with van der Waals surface area (Å²) in [5.74, 6) is 2.17. The molecule has 0 saturated carbocycles. The van der Waals surface area contributed by atoms with E-state index in [4.69, 9.17) is 0 Å². The topological polar surface area (TPSA) is 17.1 Å². The molecule has 0 N–H and O–H groups in total. The summed E-state index contributed by atoms with van der Waals surface area (Å²) in [6, 6.07) is 41.3. The maximum atomic E-state index is 13.3. The molecule has 0 fully saturated rings. The van der Waals surface area contributed by atoms with Crippen LogP contribution >= 0.6 is 6.89 Å². The van der Waals surface area contributed by atoms with Gasteiger partial charge in [-0.3, -0.25) is 4.79 Å². The molecule has 0 aliphatic rings. The maximum Gasteiger partial charge on any atom is 0.161 e. The molecule has 0 saturated heterocycles. The zero-order valence-electron chi connectivity index (χ0n) is 16.2. The molecular formula is C27H23OP. The number of hydrogen-bond donors (Lipinski definition) is 0. The van der Waals surface area contributed by atoms with E-state index < -0.39 is 6.89 Å². The number of hydrogen-bond acceptors (Lipinski definition) is 1. The van der Waals surface area contributed by atoms with Crippen LogP contribution in [0.5, 0.6) is 0 Å². The Balaban J connectivity index is 1.96. The van der Waals surface area contributed by atoms with E-state index in [1.54, 1.807) is 0 Å². The number of carbonyl (C=O) groups is 1. The normalized spacial score (nSPS) is 11.0. The monoisotopic (exact) mass is 394 g/mol. The van der Waals surface area contributed by atoms with Crippen LogP contribution in [0.15, 0.2) is 121 Å². The number of carbonyl (C=O) groups excluding carboxylic acids is 1. The van der Waals surface area contributed by atoms with E-state index in [1.165, 1.54) is 15.9 Å². The molecule has 0 aliphatic heterocycles. The zero-order valence-corrected chi connectivity index (χ0v) is 17.1. The Morgan fingerprint density at radius 2 is 0.897 bits per heavy atom. The van der Waals surface area contributed by atoms with Gasteiger partial charge in [-0.1, -0.05) is 121 Å². The molecule has 0 radical (unpaired) electrons. The summed E-state index contributed by atoms with van der Waals surface area (Å²) in [6.45, 7) is -2.22. The Hall–Kier alpha value is -3.15. The van der Waals surface area contributed by atoms with E-state index in [1.807, 2.05) is 54.3 Å². The second-order valence-corrected chi connectivity index (χ2v) is 10.2. The molecule has 0 spiro atoms. The van der Waals surface area contributed by atoms with Gasteiger partial charge in [0.25, 0.3) is 0 Å². The largest absolute Gasteiger partial charge is 0.294 e. The molecule has 0 aromatic heterocycles. The van der Waals surface area contributed by atoms with Crippen molar-refractivity contribution < 1.29 is 4.79 Å². The SMILES string of the molecule is O=C(C=P(c1ccccc1)(c1ccccc1)c1ccccc1)Cc1ccccc1. The summed E-state index contributed by atoms with van der Waals surface area (Å²) in [4.78, 5) is 13.3. The molecule has 0 atom stereocenters. The highest BCUT2D eigenvalue weighted by Crippen LogP contribution is 2.43. The molecule has 2 heteroatoms. The van der Waals surface area contributed by atoms with Gasteiger partial charge in [-0.2, -0.15) is 0 Å². The van der Waals surface area contributed by atoms with Gasteiger partial charge in [0.2, 0.25) is 0 Å². The summed E-state index contributed by atoms with van der Waals surface area (Å²) in [6.07, 6.45) is 0.412. The lowest BCUT2D eigenvalue weighted by molar-refractivity contribution is -0.111. The summed E-state index contributed by atoms with van der Waals surface area (Å²) in [5, 5.41) is 3.58. The molecule has 0 bridgehead atoms. The second kappa shape index (κ2) is 8.90. The van der Waals surface area contributed by atoms with Crippen LogP contribution in [0.4, 0.5) is 0 Å². The van der Waals surface area contributed by atoms with Crippen molar-refractivity contribution in [3.63, 3.8) is 0 Å². The lowest BCUT2D eigenvalue weighted by atomic mass is 10.1. The van der Waals surface area contributed by atoms with Crippen LogP contribution in [0.25, 0.3) is 0 Å². The quantitative estimate of drug-likeness (QED) is 0.437. The first-order valence-electron chi connectivity index (χ1n) is 9.77. The molecule has 1 nitrogen and oxygen atoms in total. The fourth-order valence-electron chi connectivity index (χ4n) is 3.72. The molecule has 0 amide bonds. The number of rotatable bonds is 6. The summed E-state index contributed by atoms with van der Waals surface area (Å²) in [5.41, 5.74) is 1.04. The van der Waals surface area contributed by atoms with Crippen LogP contribution in [0.2, 0.25) is 0 Å². The van der Waals surface area contributed by atoms with Gasteiger partial charge in [0.05, 0.1) is 0 Å². The van der Waals surface area contributed by atoms with Crippen molar-refractivity contribution in [1.29, 1.82) is 0 Å². The minimum atomic E-state index is -2.22. The summed E-state index contributed by atoms with van der Waals surface area (Å²) < 4.78 is 0. The first-order valence-corrected chi connectivity index (χ1v) is 11.6. The highest BCUT2D eigenvalue weighted by atomic mass is 31.2. The van der Waals surface area contributed by atoms with Gasteiger partial charge in [0.15, 0.2) is 5.78 Å². The third-order valence-corrected chi connectivity index (χ3v) is 9.06. The standard InChI is InChI=1S/C27H23OP/c28-24(21-23-13-5-1-6-14-23)22-29(25-15-7-2-8-16-25,26-17-9-3-10-18-26)27-19-11-4-12-20-27/h1-20,22H,21H2. The van der Waals surface area contributed by atoms with Crippen LogP contribution in [-0.2, 0) is 11.2 Å². The van der Waals surface area contributed by atoms with Crippen LogP contribution in [-0.4, -0.2) is 11.6 Å². The van der Waals surface area contributed by atoms with Gasteiger partial charge in [0, 0.05) is 6.42 Å². The van der Waals surface area contributed by atoms with Crippen molar-refractivity contribution in [2.45, 2.75) is 6.42 Å². The van der Waals surface area contributed by atoms with E-state index in [2.05, 4.69) is 72.8 Å². The predicted octanol–water partition coefficient (Wildman–Crippen LogP) is 4.59. The van der Waals surface area contributed by atoms with E-state index in [-0.39, 0.29) is 5.78 Å². The lowest BCUT2D eigenvalue weighted by Gasteiger charge is -2.28. The van der Waals surface area contributed by atoms with Gasteiger partial charge in [-0.05, 0) is 34.2 Å². The van der Waals surface area contributed by atoms with Crippen molar-refractivity contribution in [2.75, 3.05) is 0 Å². The van der Waals surface area contributed by atoms with Crippen molar-refractivity contribution >= 4 is 34.4 Å².